The van der Waals surface area contributed by atoms with Gasteiger partial charge in [-0.2, -0.15) is 13.2 Å². The van der Waals surface area contributed by atoms with E-state index in [4.69, 9.17) is 0 Å². The van der Waals surface area contributed by atoms with Crippen molar-refractivity contribution in [3.63, 3.8) is 0 Å². The molecule has 5 heteroatoms. The number of fused-ring (bicyclic) bond motifs is 1. The number of allylic oxidation sites excluding steroid dienone is 5. The normalized spacial score (nSPS) is 26.5. The Hall–Kier alpha value is -1.78. The molecule has 1 aliphatic rings. The summed E-state index contributed by atoms with van der Waals surface area (Å²) in [4.78, 5) is 3.89. The topological polar surface area (TPSA) is 17.8 Å². The molecule has 132 valence electrons. The number of alkyl halides is 3. The molecule has 0 saturated carbocycles. The van der Waals surface area contributed by atoms with E-state index in [1.54, 1.807) is 4.57 Å². The predicted octanol–water partition coefficient (Wildman–Crippen LogP) is 6.06. The zero-order valence-electron chi connectivity index (χ0n) is 14.7. The maximum Gasteiger partial charge on any atom is 0.434 e. The van der Waals surface area contributed by atoms with Crippen LogP contribution in [-0.4, -0.2) is 9.55 Å². The highest BCUT2D eigenvalue weighted by molar-refractivity contribution is 5.32. The summed E-state index contributed by atoms with van der Waals surface area (Å²) in [6.07, 6.45) is 4.20. The van der Waals surface area contributed by atoms with Crippen molar-refractivity contribution < 1.29 is 13.2 Å². The molecule has 2 nitrogen and oxygen atoms in total. The van der Waals surface area contributed by atoms with Gasteiger partial charge in [-0.25, -0.2) is 4.98 Å². The summed E-state index contributed by atoms with van der Waals surface area (Å²) in [5, 5.41) is 0. The van der Waals surface area contributed by atoms with Crippen molar-refractivity contribution in [3.8, 4) is 0 Å². The first-order valence-corrected chi connectivity index (χ1v) is 8.33. The van der Waals surface area contributed by atoms with Crippen LogP contribution in [0.15, 0.2) is 42.2 Å². The van der Waals surface area contributed by atoms with Gasteiger partial charge < -0.3 is 4.57 Å². The minimum absolute atomic E-state index is 0.0646. The fraction of sp³-hybridized carbons (Fsp3) is 0.526. The van der Waals surface area contributed by atoms with Crippen LogP contribution in [0.5, 0.6) is 0 Å². The smallest absolute Gasteiger partial charge is 0.331 e. The Morgan fingerprint density at radius 3 is 2.54 bits per heavy atom. The molecule has 2 rings (SSSR count). The zero-order valence-corrected chi connectivity index (χ0v) is 14.7. The molecule has 0 aromatic carbocycles. The molecule has 0 radical (unpaired) electrons. The van der Waals surface area contributed by atoms with Gasteiger partial charge in [0, 0.05) is 18.2 Å². The molecule has 1 aromatic heterocycles. The summed E-state index contributed by atoms with van der Waals surface area (Å²) in [5.74, 6) is 0.590. The highest BCUT2D eigenvalue weighted by Crippen LogP contribution is 2.33. The van der Waals surface area contributed by atoms with Crippen molar-refractivity contribution in [2.24, 2.45) is 5.92 Å². The Labute approximate surface area is 141 Å². The van der Waals surface area contributed by atoms with Crippen LogP contribution in [0, 0.1) is 5.92 Å². The van der Waals surface area contributed by atoms with Crippen molar-refractivity contribution in [2.75, 3.05) is 0 Å². The van der Waals surface area contributed by atoms with Gasteiger partial charge in [-0.3, -0.25) is 0 Å². The van der Waals surface area contributed by atoms with Gasteiger partial charge in [-0.15, -0.1) is 0 Å². The van der Waals surface area contributed by atoms with Crippen LogP contribution < -0.4 is 0 Å². The third kappa shape index (κ3) is 4.19. The van der Waals surface area contributed by atoms with Crippen LogP contribution >= 0.6 is 0 Å². The van der Waals surface area contributed by atoms with Gasteiger partial charge in [0.1, 0.15) is 5.82 Å². The van der Waals surface area contributed by atoms with Crippen molar-refractivity contribution in [1.29, 1.82) is 0 Å². The number of aromatic nitrogens is 2. The number of halogens is 3. The summed E-state index contributed by atoms with van der Waals surface area (Å²) in [5.41, 5.74) is 1.32. The number of imidazole rings is 1. The predicted molar refractivity (Wildman–Crippen MR) is 90.8 cm³/mol. The summed E-state index contributed by atoms with van der Waals surface area (Å²) in [7, 11) is 0. The molecular weight excluding hydrogens is 313 g/mol. The van der Waals surface area contributed by atoms with Gasteiger partial charge in [0.2, 0.25) is 0 Å². The molecule has 0 bridgehead atoms. The third-order valence-electron chi connectivity index (χ3n) is 4.43. The molecule has 24 heavy (non-hydrogen) atoms. The second kappa shape index (κ2) is 6.99. The maximum absolute atomic E-state index is 13.1. The second-order valence-corrected chi connectivity index (χ2v) is 6.88. The molecule has 0 amide bonds. The lowest BCUT2D eigenvalue weighted by Crippen LogP contribution is -2.10. The molecule has 1 aliphatic heterocycles. The summed E-state index contributed by atoms with van der Waals surface area (Å²) >= 11 is 0. The monoisotopic (exact) mass is 338 g/mol. The van der Waals surface area contributed by atoms with Crippen LogP contribution in [0.25, 0.3) is 0 Å². The quantitative estimate of drug-likeness (QED) is 0.609. The Bertz CT molecular complexity index is 663. The van der Waals surface area contributed by atoms with Crippen molar-refractivity contribution in [1.82, 2.24) is 9.55 Å². The van der Waals surface area contributed by atoms with Crippen molar-refractivity contribution in [2.45, 2.75) is 58.7 Å². The van der Waals surface area contributed by atoms with Gasteiger partial charge in [-0.05, 0) is 31.3 Å². The largest absolute Gasteiger partial charge is 0.434 e. The minimum atomic E-state index is -4.42. The van der Waals surface area contributed by atoms with Crippen LogP contribution in [0.2, 0.25) is 0 Å². The SMILES string of the molecule is C=C1/C=C(C(C)C)\C=C/C(C)c2nc(C(F)(F)F)cn2[C@@H](C)CC1. The van der Waals surface area contributed by atoms with Gasteiger partial charge >= 0.3 is 6.18 Å². The first-order chi connectivity index (χ1) is 11.1. The Morgan fingerprint density at radius 2 is 1.96 bits per heavy atom. The molecule has 0 aliphatic carbocycles. The lowest BCUT2D eigenvalue weighted by atomic mass is 9.97. The van der Waals surface area contributed by atoms with E-state index in [2.05, 4.69) is 31.5 Å². The average Bonchev–Trinajstić information content (AvgIpc) is 2.92. The first kappa shape index (κ1) is 18.6. The van der Waals surface area contributed by atoms with E-state index in [0.717, 1.165) is 30.2 Å². The zero-order chi connectivity index (χ0) is 18.1. The molecule has 1 aromatic rings. The molecule has 1 unspecified atom stereocenters. The van der Waals surface area contributed by atoms with E-state index in [1.165, 1.54) is 0 Å². The molecule has 2 heterocycles. The van der Waals surface area contributed by atoms with Crippen LogP contribution in [0.1, 0.15) is 64.0 Å². The van der Waals surface area contributed by atoms with E-state index in [9.17, 15) is 13.2 Å². The van der Waals surface area contributed by atoms with E-state index >= 15 is 0 Å². The van der Waals surface area contributed by atoms with Crippen LogP contribution in [-0.2, 0) is 6.18 Å². The standard InChI is InChI=1S/C19H25F3N2/c1-12(2)16-9-7-14(4)18-23-17(19(20,21)22)11-24(18)15(5)8-6-13(3)10-16/h7,9-12,14-15H,3,6,8H2,1-2,4-5H3/b9-7-,16-10+/t14?,15-/m0/s1. The summed E-state index contributed by atoms with van der Waals surface area (Å²) in [6.45, 7) is 12.1. The lowest BCUT2D eigenvalue weighted by Gasteiger charge is -2.18. The highest BCUT2D eigenvalue weighted by Gasteiger charge is 2.35. The second-order valence-electron chi connectivity index (χ2n) is 6.88. The van der Waals surface area contributed by atoms with E-state index in [0.29, 0.717) is 11.7 Å². The number of nitrogens with zero attached hydrogens (tertiary/aromatic N) is 2. The minimum Gasteiger partial charge on any atom is -0.331 e. The maximum atomic E-state index is 13.1. The number of hydrogen-bond acceptors (Lipinski definition) is 1. The van der Waals surface area contributed by atoms with Crippen molar-refractivity contribution in [3.05, 3.63) is 53.7 Å². The Balaban J connectivity index is 2.50. The number of rotatable bonds is 1. The number of hydrogen-bond donors (Lipinski definition) is 0. The molecular formula is C19H25F3N2. The molecule has 0 N–H and O–H groups in total. The van der Waals surface area contributed by atoms with E-state index in [1.807, 2.05) is 26.0 Å². The molecule has 0 fully saturated rings. The first-order valence-electron chi connectivity index (χ1n) is 8.33. The van der Waals surface area contributed by atoms with E-state index in [-0.39, 0.29) is 12.0 Å². The Morgan fingerprint density at radius 1 is 1.29 bits per heavy atom. The average molecular weight is 338 g/mol. The molecule has 0 saturated heterocycles. The van der Waals surface area contributed by atoms with Crippen LogP contribution in [0.4, 0.5) is 13.2 Å². The van der Waals surface area contributed by atoms with Crippen molar-refractivity contribution >= 4 is 0 Å². The van der Waals surface area contributed by atoms with Gasteiger partial charge in [0.25, 0.3) is 0 Å². The fourth-order valence-electron chi connectivity index (χ4n) is 2.82. The van der Waals surface area contributed by atoms with E-state index < -0.39 is 11.9 Å². The fourth-order valence-corrected chi connectivity index (χ4v) is 2.82. The van der Waals surface area contributed by atoms with Gasteiger partial charge in [0.15, 0.2) is 5.69 Å². The summed E-state index contributed by atoms with van der Waals surface area (Å²) in [6, 6.07) is -0.0646. The summed E-state index contributed by atoms with van der Waals surface area (Å²) < 4.78 is 40.9. The molecule has 2 atom stereocenters. The Kier molecular flexibility index (Phi) is 5.41. The lowest BCUT2D eigenvalue weighted by molar-refractivity contribution is -0.141. The third-order valence-corrected chi connectivity index (χ3v) is 4.43. The highest BCUT2D eigenvalue weighted by atomic mass is 19.4. The molecule has 0 spiro atoms. The van der Waals surface area contributed by atoms with Crippen LogP contribution in [0.3, 0.4) is 0 Å². The van der Waals surface area contributed by atoms with Gasteiger partial charge in [0.05, 0.1) is 0 Å². The van der Waals surface area contributed by atoms with Gasteiger partial charge in [-0.1, -0.05) is 51.2 Å².